The van der Waals surface area contributed by atoms with E-state index in [-0.39, 0.29) is 22.8 Å². The van der Waals surface area contributed by atoms with Gasteiger partial charge in [0, 0.05) is 44.2 Å². The van der Waals surface area contributed by atoms with Gasteiger partial charge in [-0.15, -0.1) is 0 Å². The first kappa shape index (κ1) is 28.6. The second-order valence-electron chi connectivity index (χ2n) is 11.3. The Hall–Kier alpha value is -2.94. The molecule has 6 nitrogen and oxygen atoms in total. The number of hydrogen-bond donors (Lipinski definition) is 2. The summed E-state index contributed by atoms with van der Waals surface area (Å²) >= 11 is 5.79. The number of likely N-dealkylation sites (N-methyl/N-ethyl adjacent to an activating group) is 1. The number of piperazine rings is 1. The molecule has 3 fully saturated rings. The number of nitrogen functional groups attached to an aromatic ring is 1. The molecule has 2 aromatic carbocycles. The number of anilines is 2. The summed E-state index contributed by atoms with van der Waals surface area (Å²) in [6, 6.07) is 11.4. The van der Waals surface area contributed by atoms with Crippen LogP contribution in [0.5, 0.6) is 0 Å². The minimum atomic E-state index is -4.85. The SMILES string of the molecule is CN1CCN(CCCN(C(=S)Nc2cc(C(F)(F)F)c(F)cc2N)[C@@H]2CC[C@]3(c4ccc(C#N)cc4)CC23)CC1. The van der Waals surface area contributed by atoms with Gasteiger partial charge in [0.2, 0.25) is 0 Å². The quantitative estimate of drug-likeness (QED) is 0.272. The van der Waals surface area contributed by atoms with Crippen molar-refractivity contribution < 1.29 is 17.6 Å². The Morgan fingerprint density at radius 3 is 2.52 bits per heavy atom. The van der Waals surface area contributed by atoms with E-state index in [4.69, 9.17) is 18.0 Å². The number of thiocarbonyl (C=S) groups is 1. The van der Waals surface area contributed by atoms with E-state index in [1.165, 1.54) is 5.56 Å². The van der Waals surface area contributed by atoms with Crippen LogP contribution in [0.2, 0.25) is 0 Å². The van der Waals surface area contributed by atoms with Crippen molar-refractivity contribution in [1.82, 2.24) is 14.7 Å². The Morgan fingerprint density at radius 1 is 1.20 bits per heavy atom. The van der Waals surface area contributed by atoms with E-state index < -0.39 is 17.6 Å². The first-order valence-electron chi connectivity index (χ1n) is 13.7. The fourth-order valence-corrected chi connectivity index (χ4v) is 6.85. The van der Waals surface area contributed by atoms with Crippen LogP contribution in [-0.4, -0.2) is 72.2 Å². The monoisotopic (exact) mass is 574 g/mol. The lowest BCUT2D eigenvalue weighted by atomic mass is 9.93. The van der Waals surface area contributed by atoms with Gasteiger partial charge in [0.05, 0.1) is 28.6 Å². The number of nitriles is 1. The first-order chi connectivity index (χ1) is 19.0. The summed E-state index contributed by atoms with van der Waals surface area (Å²) in [5, 5.41) is 12.4. The number of nitrogens with one attached hydrogen (secondary N) is 1. The summed E-state index contributed by atoms with van der Waals surface area (Å²) < 4.78 is 54.2. The number of nitrogens with zero attached hydrogens (tertiary/aromatic N) is 4. The molecule has 3 aliphatic rings. The van der Waals surface area contributed by atoms with E-state index in [0.717, 1.165) is 58.4 Å². The van der Waals surface area contributed by atoms with Crippen molar-refractivity contribution in [2.24, 2.45) is 5.92 Å². The van der Waals surface area contributed by atoms with Crippen molar-refractivity contribution in [3.05, 3.63) is 58.9 Å². The third kappa shape index (κ3) is 5.76. The van der Waals surface area contributed by atoms with Crippen LogP contribution in [0.15, 0.2) is 36.4 Å². The van der Waals surface area contributed by atoms with Gasteiger partial charge in [-0.25, -0.2) is 4.39 Å². The smallest absolute Gasteiger partial charge is 0.397 e. The molecular weight excluding hydrogens is 540 g/mol. The second kappa shape index (κ2) is 11.1. The molecule has 5 rings (SSSR count). The number of alkyl halides is 3. The molecule has 2 aromatic rings. The van der Waals surface area contributed by atoms with Gasteiger partial charge in [-0.2, -0.15) is 18.4 Å². The summed E-state index contributed by atoms with van der Waals surface area (Å²) in [5.74, 6) is -1.06. The maximum absolute atomic E-state index is 14.0. The van der Waals surface area contributed by atoms with Crippen molar-refractivity contribution in [2.45, 2.75) is 43.3 Å². The van der Waals surface area contributed by atoms with Crippen molar-refractivity contribution >= 4 is 28.7 Å². The summed E-state index contributed by atoms with van der Waals surface area (Å²) in [4.78, 5) is 6.85. The largest absolute Gasteiger partial charge is 0.419 e. The predicted octanol–water partition coefficient (Wildman–Crippen LogP) is 5.05. The summed E-state index contributed by atoms with van der Waals surface area (Å²) in [6.45, 7) is 5.59. The van der Waals surface area contributed by atoms with Crippen molar-refractivity contribution in [3.63, 3.8) is 0 Å². The maximum Gasteiger partial charge on any atom is 0.419 e. The van der Waals surface area contributed by atoms with Crippen LogP contribution in [0, 0.1) is 23.1 Å². The number of nitrogens with two attached hydrogens (primary N) is 1. The molecule has 2 aliphatic carbocycles. The van der Waals surface area contributed by atoms with Gasteiger partial charge >= 0.3 is 6.18 Å². The highest BCUT2D eigenvalue weighted by atomic mass is 32.1. The predicted molar refractivity (Wildman–Crippen MR) is 151 cm³/mol. The third-order valence-corrected chi connectivity index (χ3v) is 9.23. The van der Waals surface area contributed by atoms with Crippen molar-refractivity contribution in [3.8, 4) is 6.07 Å². The van der Waals surface area contributed by atoms with Crippen LogP contribution < -0.4 is 11.1 Å². The first-order valence-corrected chi connectivity index (χ1v) is 14.1. The van der Waals surface area contributed by atoms with Crippen LogP contribution in [0.1, 0.15) is 42.4 Å². The lowest BCUT2D eigenvalue weighted by molar-refractivity contribution is -0.139. The van der Waals surface area contributed by atoms with Gasteiger partial charge in [0.25, 0.3) is 0 Å². The number of halogens is 4. The number of fused-ring (bicyclic) bond motifs is 1. The van der Waals surface area contributed by atoms with E-state index >= 15 is 0 Å². The summed E-state index contributed by atoms with van der Waals surface area (Å²) in [6.07, 6.45) is -1.13. The minimum Gasteiger partial charge on any atom is -0.397 e. The Labute approximate surface area is 237 Å². The maximum atomic E-state index is 14.0. The molecule has 214 valence electrons. The van der Waals surface area contributed by atoms with Gasteiger partial charge in [0.1, 0.15) is 5.82 Å². The molecule has 1 saturated heterocycles. The summed E-state index contributed by atoms with van der Waals surface area (Å²) in [5.41, 5.74) is 6.23. The van der Waals surface area contributed by atoms with E-state index in [9.17, 15) is 22.8 Å². The molecular formula is C29H34F4N6S. The molecule has 1 unspecified atom stereocenters. The van der Waals surface area contributed by atoms with Gasteiger partial charge in [-0.1, -0.05) is 12.1 Å². The normalized spacial score (nSPS) is 24.8. The van der Waals surface area contributed by atoms with Crippen LogP contribution in [0.3, 0.4) is 0 Å². The van der Waals surface area contributed by atoms with Gasteiger partial charge in [0.15, 0.2) is 5.11 Å². The van der Waals surface area contributed by atoms with Gasteiger partial charge in [-0.3, -0.25) is 0 Å². The molecule has 3 N–H and O–H groups in total. The number of benzene rings is 2. The highest BCUT2D eigenvalue weighted by molar-refractivity contribution is 7.80. The van der Waals surface area contributed by atoms with E-state index in [0.29, 0.717) is 35.3 Å². The highest BCUT2D eigenvalue weighted by Gasteiger charge is 2.63. The standard InChI is InChI=1S/C29H34F4N6S/c1-37-11-13-38(14-12-37)9-2-10-39(27(40)36-25-15-21(29(31,32)33)23(30)16-24(25)35)26-7-8-28(17-22(26)28)20-5-3-19(18-34)4-6-20/h3-6,15-16,22,26H,2,7-14,17,35H2,1H3,(H,36,40)/t22?,26-,28-/m1/s1. The number of rotatable bonds is 7. The highest BCUT2D eigenvalue weighted by Crippen LogP contribution is 2.65. The van der Waals surface area contributed by atoms with Crippen molar-refractivity contribution in [2.75, 3.05) is 57.4 Å². The molecule has 0 amide bonds. The Balaban J connectivity index is 1.34. The fourth-order valence-electron chi connectivity index (χ4n) is 6.51. The van der Waals surface area contributed by atoms with E-state index in [1.807, 2.05) is 24.3 Å². The van der Waals surface area contributed by atoms with Crippen LogP contribution in [0.25, 0.3) is 0 Å². The molecule has 0 spiro atoms. The molecule has 0 bridgehead atoms. The molecule has 1 aliphatic heterocycles. The Morgan fingerprint density at radius 2 is 1.90 bits per heavy atom. The molecule has 11 heteroatoms. The average molecular weight is 575 g/mol. The molecule has 3 atom stereocenters. The lowest BCUT2D eigenvalue weighted by Gasteiger charge is -2.35. The van der Waals surface area contributed by atoms with Crippen LogP contribution >= 0.6 is 12.2 Å². The molecule has 0 radical (unpaired) electrons. The number of hydrogen-bond acceptors (Lipinski definition) is 5. The van der Waals surface area contributed by atoms with Crippen LogP contribution in [0.4, 0.5) is 28.9 Å². The zero-order chi connectivity index (χ0) is 28.7. The molecule has 40 heavy (non-hydrogen) atoms. The lowest BCUT2D eigenvalue weighted by Crippen LogP contribution is -2.47. The van der Waals surface area contributed by atoms with Crippen LogP contribution in [-0.2, 0) is 11.6 Å². The molecule has 1 heterocycles. The molecule has 0 aromatic heterocycles. The Kier molecular flexibility index (Phi) is 7.97. The van der Waals surface area contributed by atoms with E-state index in [1.54, 1.807) is 0 Å². The zero-order valence-corrected chi connectivity index (χ0v) is 23.3. The fraction of sp³-hybridized carbons (Fsp3) is 0.517. The van der Waals surface area contributed by atoms with Gasteiger partial charge < -0.3 is 25.8 Å². The Bertz CT molecular complexity index is 1290. The topological polar surface area (TPSA) is 71.6 Å². The summed E-state index contributed by atoms with van der Waals surface area (Å²) in [7, 11) is 2.12. The second-order valence-corrected chi connectivity index (χ2v) is 11.7. The van der Waals surface area contributed by atoms with Crippen molar-refractivity contribution in [1.29, 1.82) is 5.26 Å². The average Bonchev–Trinajstić information content (AvgIpc) is 3.54. The zero-order valence-electron chi connectivity index (χ0n) is 22.5. The minimum absolute atomic E-state index is 0.0301. The van der Waals surface area contributed by atoms with Gasteiger partial charge in [-0.05, 0) is 87.2 Å². The molecule has 2 saturated carbocycles. The third-order valence-electron chi connectivity index (χ3n) is 8.89. The van der Waals surface area contributed by atoms with E-state index in [2.05, 4.69) is 33.1 Å².